The summed E-state index contributed by atoms with van der Waals surface area (Å²) in [6.07, 6.45) is 4.23. The highest BCUT2D eigenvalue weighted by Crippen LogP contribution is 2.40. The molecule has 134 valence electrons. The van der Waals surface area contributed by atoms with Gasteiger partial charge in [-0.25, -0.2) is 4.98 Å². The summed E-state index contributed by atoms with van der Waals surface area (Å²) in [4.78, 5) is 8.93. The third-order valence-electron chi connectivity index (χ3n) is 4.89. The lowest BCUT2D eigenvalue weighted by Gasteiger charge is -2.13. The first-order chi connectivity index (χ1) is 12.5. The van der Waals surface area contributed by atoms with Crippen molar-refractivity contribution >= 4 is 11.3 Å². The van der Waals surface area contributed by atoms with Gasteiger partial charge in [-0.3, -0.25) is 4.98 Å². The molecule has 0 atom stereocenters. The first-order valence-corrected chi connectivity index (χ1v) is 9.48. The molecule has 2 nitrogen and oxygen atoms in total. The zero-order valence-electron chi connectivity index (χ0n) is 14.0. The Morgan fingerprint density at radius 3 is 2.42 bits per heavy atom. The quantitative estimate of drug-likeness (QED) is 0.519. The van der Waals surface area contributed by atoms with Gasteiger partial charge in [-0.05, 0) is 42.5 Å². The lowest BCUT2D eigenvalue weighted by molar-refractivity contribution is -0.137. The van der Waals surface area contributed by atoms with E-state index in [0.717, 1.165) is 22.7 Å². The fourth-order valence-electron chi connectivity index (χ4n) is 3.54. The molecule has 6 heteroatoms. The number of nitrogens with zero attached hydrogens (tertiary/aromatic N) is 2. The van der Waals surface area contributed by atoms with Crippen molar-refractivity contribution in [3.05, 3.63) is 59.2 Å². The molecular formula is C20H17F3N2S. The van der Waals surface area contributed by atoms with E-state index in [1.165, 1.54) is 54.7 Å². The number of alkyl halides is 3. The summed E-state index contributed by atoms with van der Waals surface area (Å²) in [5.74, 6) is 0.548. The number of pyridine rings is 1. The largest absolute Gasteiger partial charge is 0.416 e. The number of hydrogen-bond acceptors (Lipinski definition) is 3. The lowest BCUT2D eigenvalue weighted by Crippen LogP contribution is -2.03. The molecule has 4 rings (SSSR count). The maximum Gasteiger partial charge on any atom is 0.416 e. The van der Waals surface area contributed by atoms with Gasteiger partial charge in [0.1, 0.15) is 5.01 Å². The Hall–Kier alpha value is -2.21. The SMILES string of the molecule is FC(F)(F)c1ccc(-c2csc(-c3cnccc3C3CCCC3)n2)cc1. The van der Waals surface area contributed by atoms with Crippen LogP contribution in [0.3, 0.4) is 0 Å². The first-order valence-electron chi connectivity index (χ1n) is 8.60. The van der Waals surface area contributed by atoms with Crippen molar-refractivity contribution < 1.29 is 13.2 Å². The smallest absolute Gasteiger partial charge is 0.264 e. The Morgan fingerprint density at radius 1 is 1.00 bits per heavy atom. The monoisotopic (exact) mass is 374 g/mol. The molecule has 0 unspecified atom stereocenters. The van der Waals surface area contributed by atoms with Gasteiger partial charge in [0.25, 0.3) is 0 Å². The van der Waals surface area contributed by atoms with E-state index >= 15 is 0 Å². The average molecular weight is 374 g/mol. The molecule has 0 bridgehead atoms. The molecule has 0 spiro atoms. The predicted octanol–water partition coefficient (Wildman–Crippen LogP) is 6.55. The molecule has 1 aromatic carbocycles. The Balaban J connectivity index is 1.65. The van der Waals surface area contributed by atoms with Crippen LogP contribution in [-0.4, -0.2) is 9.97 Å². The summed E-state index contributed by atoms with van der Waals surface area (Å²) in [5, 5.41) is 2.76. The van der Waals surface area contributed by atoms with Crippen LogP contribution >= 0.6 is 11.3 Å². The molecule has 0 N–H and O–H groups in total. The Kier molecular flexibility index (Phi) is 4.53. The Morgan fingerprint density at radius 2 is 1.73 bits per heavy atom. The third kappa shape index (κ3) is 3.38. The minimum atomic E-state index is -4.32. The summed E-state index contributed by atoms with van der Waals surface area (Å²) in [6, 6.07) is 7.22. The molecule has 3 aromatic rings. The van der Waals surface area contributed by atoms with E-state index in [0.29, 0.717) is 17.2 Å². The molecule has 1 saturated carbocycles. The molecule has 1 fully saturated rings. The van der Waals surface area contributed by atoms with Crippen molar-refractivity contribution in [2.75, 3.05) is 0 Å². The standard InChI is InChI=1S/C20H17F3N2S/c21-20(22,23)15-7-5-14(6-8-15)18-12-26-19(25-18)17-11-24-10-9-16(17)13-3-1-2-4-13/h5-13H,1-4H2. The summed E-state index contributed by atoms with van der Waals surface area (Å²) >= 11 is 1.51. The van der Waals surface area contributed by atoms with Gasteiger partial charge in [0.05, 0.1) is 11.3 Å². The molecular weight excluding hydrogens is 357 g/mol. The zero-order chi connectivity index (χ0) is 18.1. The summed E-state index contributed by atoms with van der Waals surface area (Å²) < 4.78 is 38.2. The molecule has 0 aliphatic heterocycles. The van der Waals surface area contributed by atoms with Gasteiger partial charge in [-0.2, -0.15) is 13.2 Å². The van der Waals surface area contributed by atoms with Crippen LogP contribution in [0.25, 0.3) is 21.8 Å². The molecule has 1 aliphatic rings. The number of thiazole rings is 1. The Labute approximate surface area is 153 Å². The van der Waals surface area contributed by atoms with Gasteiger partial charge in [0.2, 0.25) is 0 Å². The molecule has 2 aromatic heterocycles. The van der Waals surface area contributed by atoms with E-state index in [2.05, 4.69) is 16.0 Å². The van der Waals surface area contributed by atoms with E-state index in [-0.39, 0.29) is 0 Å². The average Bonchev–Trinajstić information content (AvgIpc) is 3.33. The minimum Gasteiger partial charge on any atom is -0.264 e. The fraction of sp³-hybridized carbons (Fsp3) is 0.300. The number of hydrogen-bond donors (Lipinski definition) is 0. The van der Waals surface area contributed by atoms with Crippen LogP contribution in [0, 0.1) is 0 Å². The van der Waals surface area contributed by atoms with Gasteiger partial charge in [-0.15, -0.1) is 11.3 Å². The van der Waals surface area contributed by atoms with Crippen molar-refractivity contribution in [3.8, 4) is 21.8 Å². The zero-order valence-corrected chi connectivity index (χ0v) is 14.8. The number of aromatic nitrogens is 2. The van der Waals surface area contributed by atoms with Crippen LogP contribution < -0.4 is 0 Å². The lowest BCUT2D eigenvalue weighted by atomic mass is 9.94. The van der Waals surface area contributed by atoms with Crippen molar-refractivity contribution in [1.29, 1.82) is 0 Å². The van der Waals surface area contributed by atoms with Gasteiger partial charge >= 0.3 is 6.18 Å². The summed E-state index contributed by atoms with van der Waals surface area (Å²) in [6.45, 7) is 0. The molecule has 0 radical (unpaired) electrons. The first kappa shape index (κ1) is 17.2. The van der Waals surface area contributed by atoms with Crippen molar-refractivity contribution in [1.82, 2.24) is 9.97 Å². The molecule has 0 amide bonds. The second kappa shape index (κ2) is 6.83. The van der Waals surface area contributed by atoms with Crippen molar-refractivity contribution in [2.45, 2.75) is 37.8 Å². The van der Waals surface area contributed by atoms with Gasteiger partial charge in [-0.1, -0.05) is 25.0 Å². The van der Waals surface area contributed by atoms with Gasteiger partial charge < -0.3 is 0 Å². The topological polar surface area (TPSA) is 25.8 Å². The van der Waals surface area contributed by atoms with Crippen LogP contribution in [0.1, 0.15) is 42.7 Å². The van der Waals surface area contributed by atoms with Crippen molar-refractivity contribution in [2.24, 2.45) is 0 Å². The second-order valence-electron chi connectivity index (χ2n) is 6.56. The normalized spacial score (nSPS) is 15.5. The van der Waals surface area contributed by atoms with Gasteiger partial charge in [0.15, 0.2) is 0 Å². The summed E-state index contributed by atoms with van der Waals surface area (Å²) in [7, 11) is 0. The maximum absolute atomic E-state index is 12.7. The third-order valence-corrected chi connectivity index (χ3v) is 5.77. The number of halogens is 3. The predicted molar refractivity (Wildman–Crippen MR) is 97.0 cm³/mol. The van der Waals surface area contributed by atoms with Crippen LogP contribution in [0.5, 0.6) is 0 Å². The van der Waals surface area contributed by atoms with Crippen molar-refractivity contribution in [3.63, 3.8) is 0 Å². The minimum absolute atomic E-state index is 0.548. The Bertz CT molecular complexity index is 894. The summed E-state index contributed by atoms with van der Waals surface area (Å²) in [5.41, 5.74) is 3.06. The van der Waals surface area contributed by atoms with Crippen LogP contribution in [0.4, 0.5) is 13.2 Å². The highest BCUT2D eigenvalue weighted by molar-refractivity contribution is 7.13. The highest BCUT2D eigenvalue weighted by Gasteiger charge is 2.30. The maximum atomic E-state index is 12.7. The number of benzene rings is 1. The van der Waals surface area contributed by atoms with Gasteiger partial charge in [0, 0.05) is 28.9 Å². The van der Waals surface area contributed by atoms with E-state index in [4.69, 9.17) is 0 Å². The van der Waals surface area contributed by atoms with Crippen LogP contribution in [-0.2, 0) is 6.18 Å². The van der Waals surface area contributed by atoms with E-state index in [1.54, 1.807) is 0 Å². The molecule has 1 aliphatic carbocycles. The highest BCUT2D eigenvalue weighted by atomic mass is 32.1. The van der Waals surface area contributed by atoms with E-state index in [9.17, 15) is 13.2 Å². The molecule has 2 heterocycles. The fourth-order valence-corrected chi connectivity index (χ4v) is 4.40. The molecule has 26 heavy (non-hydrogen) atoms. The van der Waals surface area contributed by atoms with E-state index < -0.39 is 11.7 Å². The van der Waals surface area contributed by atoms with Crippen LogP contribution in [0.2, 0.25) is 0 Å². The second-order valence-corrected chi connectivity index (χ2v) is 7.42. The van der Waals surface area contributed by atoms with E-state index in [1.807, 2.05) is 17.8 Å². The number of rotatable bonds is 3. The molecule has 0 saturated heterocycles. The van der Waals surface area contributed by atoms with Crippen LogP contribution in [0.15, 0.2) is 48.1 Å².